The van der Waals surface area contributed by atoms with E-state index in [0.29, 0.717) is 11.1 Å². The molecule has 1 atom stereocenters. The summed E-state index contributed by atoms with van der Waals surface area (Å²) < 4.78 is 14.6. The average Bonchev–Trinajstić information content (AvgIpc) is 2.42. The Kier molecular flexibility index (Phi) is 4.75. The van der Waals surface area contributed by atoms with Crippen LogP contribution in [0.25, 0.3) is 0 Å². The monoisotopic (exact) mass is 383 g/mol. The number of rotatable bonds is 3. The van der Waals surface area contributed by atoms with Crippen LogP contribution in [0.1, 0.15) is 34.5 Å². The van der Waals surface area contributed by atoms with Crippen molar-refractivity contribution in [1.82, 2.24) is 5.32 Å². The van der Waals surface area contributed by atoms with Crippen LogP contribution in [0.5, 0.6) is 0 Å². The molecule has 104 valence electrons. The third-order valence-corrected chi connectivity index (χ3v) is 3.87. The number of benzene rings is 2. The van der Waals surface area contributed by atoms with Crippen molar-refractivity contribution in [2.75, 3.05) is 0 Å². The van der Waals surface area contributed by atoms with Gasteiger partial charge in [0.25, 0.3) is 5.91 Å². The van der Waals surface area contributed by atoms with Gasteiger partial charge < -0.3 is 5.32 Å². The second-order valence-corrected chi connectivity index (χ2v) is 5.96. The van der Waals surface area contributed by atoms with Crippen molar-refractivity contribution in [2.24, 2.45) is 0 Å². The van der Waals surface area contributed by atoms with E-state index in [1.165, 1.54) is 6.07 Å². The Bertz CT molecular complexity index is 625. The first-order chi connectivity index (χ1) is 9.47. The number of carbonyl (C=O) groups is 1. The molecule has 0 heterocycles. The molecule has 1 N–H and O–H groups in total. The minimum atomic E-state index is -0.252. The maximum absolute atomic E-state index is 13.5. The number of hydrogen-bond donors (Lipinski definition) is 1. The lowest BCUT2D eigenvalue weighted by atomic mass is 10.1. The summed E-state index contributed by atoms with van der Waals surface area (Å²) in [5, 5.41) is 2.87. The van der Waals surface area contributed by atoms with Crippen LogP contribution < -0.4 is 5.32 Å². The lowest BCUT2D eigenvalue weighted by Gasteiger charge is -2.15. The van der Waals surface area contributed by atoms with Crippen LogP contribution in [-0.4, -0.2) is 5.91 Å². The molecule has 2 aromatic rings. The van der Waals surface area contributed by atoms with E-state index in [1.807, 2.05) is 25.1 Å². The van der Waals surface area contributed by atoms with Gasteiger partial charge in [-0.1, -0.05) is 12.1 Å². The van der Waals surface area contributed by atoms with E-state index >= 15 is 0 Å². The highest BCUT2D eigenvalue weighted by molar-refractivity contribution is 14.1. The number of carbonyl (C=O) groups excluding carboxylic acids is 1. The Balaban J connectivity index is 2.10. The summed E-state index contributed by atoms with van der Waals surface area (Å²) in [4.78, 5) is 12.1. The van der Waals surface area contributed by atoms with Crippen molar-refractivity contribution in [3.05, 3.63) is 68.5 Å². The zero-order chi connectivity index (χ0) is 14.7. The quantitative estimate of drug-likeness (QED) is 0.790. The zero-order valence-corrected chi connectivity index (χ0v) is 13.4. The predicted octanol–water partition coefficient (Wildman–Crippen LogP) is 4.23. The van der Waals surface area contributed by atoms with E-state index in [2.05, 4.69) is 27.9 Å². The number of hydrogen-bond acceptors (Lipinski definition) is 1. The van der Waals surface area contributed by atoms with Crippen molar-refractivity contribution >= 4 is 28.5 Å². The van der Waals surface area contributed by atoms with E-state index in [4.69, 9.17) is 0 Å². The van der Waals surface area contributed by atoms with Gasteiger partial charge in [-0.05, 0) is 77.9 Å². The lowest BCUT2D eigenvalue weighted by molar-refractivity contribution is 0.0940. The van der Waals surface area contributed by atoms with Crippen molar-refractivity contribution in [1.29, 1.82) is 0 Å². The van der Waals surface area contributed by atoms with Gasteiger partial charge in [0.15, 0.2) is 0 Å². The third-order valence-electron chi connectivity index (χ3n) is 3.15. The van der Waals surface area contributed by atoms with Gasteiger partial charge in [-0.15, -0.1) is 0 Å². The molecule has 2 aromatic carbocycles. The SMILES string of the molecule is Cc1ccc(C(C)NC(=O)c2ccc(I)cc2)cc1F. The molecule has 0 saturated carbocycles. The van der Waals surface area contributed by atoms with E-state index in [1.54, 1.807) is 25.1 Å². The van der Waals surface area contributed by atoms with Crippen molar-refractivity contribution in [3.8, 4) is 0 Å². The van der Waals surface area contributed by atoms with Gasteiger partial charge in [0, 0.05) is 9.13 Å². The first-order valence-electron chi connectivity index (χ1n) is 6.30. The summed E-state index contributed by atoms with van der Waals surface area (Å²) in [6, 6.07) is 12.1. The molecule has 1 unspecified atom stereocenters. The largest absolute Gasteiger partial charge is 0.346 e. The summed E-state index contributed by atoms with van der Waals surface area (Å²) >= 11 is 2.19. The molecule has 0 aliphatic heterocycles. The van der Waals surface area contributed by atoms with Crippen molar-refractivity contribution in [2.45, 2.75) is 19.9 Å². The lowest BCUT2D eigenvalue weighted by Crippen LogP contribution is -2.26. The Morgan fingerprint density at radius 2 is 1.85 bits per heavy atom. The summed E-state index contributed by atoms with van der Waals surface area (Å²) in [5.74, 6) is -0.409. The standard InChI is InChI=1S/C16H15FINO/c1-10-3-4-13(9-15(10)17)11(2)19-16(20)12-5-7-14(18)8-6-12/h3-9,11H,1-2H3,(H,19,20). The van der Waals surface area contributed by atoms with Crippen molar-refractivity contribution in [3.63, 3.8) is 0 Å². The van der Waals surface area contributed by atoms with Crippen LogP contribution in [0.15, 0.2) is 42.5 Å². The minimum Gasteiger partial charge on any atom is -0.346 e. The Morgan fingerprint density at radius 3 is 2.45 bits per heavy atom. The van der Waals surface area contributed by atoms with Gasteiger partial charge in [0.05, 0.1) is 6.04 Å². The van der Waals surface area contributed by atoms with Gasteiger partial charge in [0.1, 0.15) is 5.82 Å². The van der Waals surface area contributed by atoms with Crippen LogP contribution in [0.2, 0.25) is 0 Å². The molecule has 0 bridgehead atoms. The number of halogens is 2. The van der Waals surface area contributed by atoms with E-state index in [0.717, 1.165) is 9.13 Å². The van der Waals surface area contributed by atoms with Gasteiger partial charge in [0.2, 0.25) is 0 Å². The molecule has 0 aliphatic carbocycles. The van der Waals surface area contributed by atoms with Gasteiger partial charge in [-0.25, -0.2) is 4.39 Å². The molecule has 2 rings (SSSR count). The molecule has 20 heavy (non-hydrogen) atoms. The van der Waals surface area contributed by atoms with Crippen LogP contribution in [0.4, 0.5) is 4.39 Å². The maximum atomic E-state index is 13.5. The highest BCUT2D eigenvalue weighted by Crippen LogP contribution is 2.17. The average molecular weight is 383 g/mol. The first-order valence-corrected chi connectivity index (χ1v) is 7.37. The molecular weight excluding hydrogens is 368 g/mol. The van der Waals surface area contributed by atoms with Gasteiger partial charge >= 0.3 is 0 Å². The smallest absolute Gasteiger partial charge is 0.251 e. The van der Waals surface area contributed by atoms with Gasteiger partial charge in [-0.2, -0.15) is 0 Å². The topological polar surface area (TPSA) is 29.1 Å². The zero-order valence-electron chi connectivity index (χ0n) is 11.3. The number of nitrogens with one attached hydrogen (secondary N) is 1. The highest BCUT2D eigenvalue weighted by atomic mass is 127. The highest BCUT2D eigenvalue weighted by Gasteiger charge is 2.12. The predicted molar refractivity (Wildman–Crippen MR) is 86.2 cm³/mol. The summed E-state index contributed by atoms with van der Waals surface area (Å²) in [6.07, 6.45) is 0. The Morgan fingerprint density at radius 1 is 1.20 bits per heavy atom. The second kappa shape index (κ2) is 6.35. The molecule has 1 amide bonds. The number of aryl methyl sites for hydroxylation is 1. The molecule has 0 radical (unpaired) electrons. The summed E-state index contributed by atoms with van der Waals surface area (Å²) in [6.45, 7) is 3.56. The first kappa shape index (κ1) is 15.0. The molecule has 4 heteroatoms. The molecular formula is C16H15FINO. The molecule has 0 fully saturated rings. The van der Waals surface area contributed by atoms with Crippen LogP contribution in [0, 0.1) is 16.3 Å². The normalized spacial score (nSPS) is 12.0. The fraction of sp³-hybridized carbons (Fsp3) is 0.188. The molecule has 0 spiro atoms. The van der Waals surface area contributed by atoms with E-state index in [9.17, 15) is 9.18 Å². The fourth-order valence-corrected chi connectivity index (χ4v) is 2.20. The maximum Gasteiger partial charge on any atom is 0.251 e. The molecule has 0 aliphatic rings. The van der Waals surface area contributed by atoms with Crippen LogP contribution >= 0.6 is 22.6 Å². The van der Waals surface area contributed by atoms with Crippen LogP contribution in [-0.2, 0) is 0 Å². The second-order valence-electron chi connectivity index (χ2n) is 4.71. The Labute approximate surface area is 131 Å². The minimum absolute atomic E-state index is 0.158. The van der Waals surface area contributed by atoms with E-state index < -0.39 is 0 Å². The van der Waals surface area contributed by atoms with E-state index in [-0.39, 0.29) is 17.8 Å². The molecule has 2 nitrogen and oxygen atoms in total. The molecule has 0 saturated heterocycles. The summed E-state index contributed by atoms with van der Waals surface area (Å²) in [7, 11) is 0. The van der Waals surface area contributed by atoms with Crippen molar-refractivity contribution < 1.29 is 9.18 Å². The van der Waals surface area contributed by atoms with Gasteiger partial charge in [-0.3, -0.25) is 4.79 Å². The summed E-state index contributed by atoms with van der Waals surface area (Å²) in [5.41, 5.74) is 1.96. The van der Waals surface area contributed by atoms with Crippen LogP contribution in [0.3, 0.4) is 0 Å². The number of amides is 1. The fourth-order valence-electron chi connectivity index (χ4n) is 1.84. The third kappa shape index (κ3) is 3.56. The Hall–Kier alpha value is -1.43. The molecule has 0 aromatic heterocycles.